The van der Waals surface area contributed by atoms with Gasteiger partial charge in [0.1, 0.15) is 10.6 Å². The van der Waals surface area contributed by atoms with Crippen molar-refractivity contribution >= 4 is 43.2 Å². The first-order valence-electron chi connectivity index (χ1n) is 9.04. The molecular weight excluding hydrogens is 452 g/mol. The highest BCUT2D eigenvalue weighted by atomic mass is 35.5. The Kier molecular flexibility index (Phi) is 6.42. The van der Waals surface area contributed by atoms with E-state index in [1.165, 1.54) is 26.2 Å². The van der Waals surface area contributed by atoms with Crippen molar-refractivity contribution in [3.8, 4) is 5.75 Å². The largest absolute Gasteiger partial charge is 0.495 e. The molecule has 2 aromatic rings. The van der Waals surface area contributed by atoms with Crippen LogP contribution in [0.2, 0.25) is 5.02 Å². The summed E-state index contributed by atoms with van der Waals surface area (Å²) in [5, 5.41) is 0.585. The molecule has 30 heavy (non-hydrogen) atoms. The first-order valence-corrected chi connectivity index (χ1v) is 12.5. The lowest BCUT2D eigenvalue weighted by Crippen LogP contribution is -2.31. The van der Waals surface area contributed by atoms with E-state index < -0.39 is 31.9 Å². The van der Waals surface area contributed by atoms with Crippen LogP contribution in [0, 0.1) is 5.92 Å². The van der Waals surface area contributed by atoms with E-state index in [4.69, 9.17) is 16.3 Å². The average molecular weight is 473 g/mol. The Morgan fingerprint density at radius 1 is 1.20 bits per heavy atom. The third-order valence-electron chi connectivity index (χ3n) is 4.65. The van der Waals surface area contributed by atoms with Crippen molar-refractivity contribution in [2.45, 2.75) is 18.2 Å². The lowest BCUT2D eigenvalue weighted by molar-refractivity contribution is -0.119. The van der Waals surface area contributed by atoms with E-state index in [-0.39, 0.29) is 28.6 Å². The van der Waals surface area contributed by atoms with Crippen LogP contribution in [0.1, 0.15) is 12.5 Å². The van der Waals surface area contributed by atoms with Crippen LogP contribution in [-0.2, 0) is 31.3 Å². The van der Waals surface area contributed by atoms with Gasteiger partial charge in [0, 0.05) is 11.6 Å². The van der Waals surface area contributed by atoms with Crippen molar-refractivity contribution in [3.05, 3.63) is 53.1 Å². The van der Waals surface area contributed by atoms with Gasteiger partial charge in [0.05, 0.1) is 24.5 Å². The van der Waals surface area contributed by atoms with Crippen molar-refractivity contribution in [1.29, 1.82) is 0 Å². The summed E-state index contributed by atoms with van der Waals surface area (Å²) >= 11 is 5.84. The Morgan fingerprint density at radius 3 is 2.43 bits per heavy atom. The van der Waals surface area contributed by atoms with E-state index in [1.54, 1.807) is 24.3 Å². The summed E-state index contributed by atoms with van der Waals surface area (Å²) < 4.78 is 58.7. The molecule has 3 rings (SSSR count). The molecule has 0 spiro atoms. The number of hydrogen-bond acceptors (Lipinski definition) is 6. The molecule has 0 bridgehead atoms. The number of benzene rings is 2. The van der Waals surface area contributed by atoms with E-state index in [2.05, 4.69) is 4.72 Å². The molecule has 1 heterocycles. The minimum Gasteiger partial charge on any atom is -0.495 e. The number of amides is 1. The van der Waals surface area contributed by atoms with E-state index >= 15 is 0 Å². The monoisotopic (exact) mass is 472 g/mol. The molecule has 0 radical (unpaired) electrons. The van der Waals surface area contributed by atoms with Gasteiger partial charge in [0.15, 0.2) is 0 Å². The maximum Gasteiger partial charge on any atom is 0.244 e. The highest BCUT2D eigenvalue weighted by molar-refractivity contribution is 7.94. The summed E-state index contributed by atoms with van der Waals surface area (Å²) in [6.07, 6.45) is 0.426. The maximum atomic E-state index is 12.9. The molecule has 1 saturated heterocycles. The summed E-state index contributed by atoms with van der Waals surface area (Å²) in [6.45, 7) is 1.62. The number of halogens is 1. The molecule has 8 nitrogen and oxygen atoms in total. The zero-order valence-corrected chi connectivity index (χ0v) is 18.7. The van der Waals surface area contributed by atoms with Crippen LogP contribution >= 0.6 is 11.6 Å². The lowest BCUT2D eigenvalue weighted by atomic mass is 10.2. The van der Waals surface area contributed by atoms with Crippen LogP contribution in [0.3, 0.4) is 0 Å². The first-order chi connectivity index (χ1) is 14.0. The SMILES string of the molecule is COc1ccc(N2C(=O)C(C)CS2(=O)=O)cc1S(=O)(=O)NCCc1ccc(Cl)cc1. The Morgan fingerprint density at radius 2 is 1.87 bits per heavy atom. The van der Waals surface area contributed by atoms with E-state index in [0.29, 0.717) is 15.7 Å². The molecule has 1 amide bonds. The summed E-state index contributed by atoms with van der Waals surface area (Å²) in [5.74, 6) is -1.58. The standard InChI is InChI=1S/C19H21ClN2O6S2/c1-13-12-29(24,25)22(19(13)23)16-7-8-17(28-2)18(11-16)30(26,27)21-10-9-14-3-5-15(20)6-4-14/h3-8,11,13,21H,9-10,12H2,1-2H3. The molecular formula is C19H21ClN2O6S2. The molecule has 162 valence electrons. The van der Waals surface area contributed by atoms with Gasteiger partial charge in [0.2, 0.25) is 26.0 Å². The molecule has 0 saturated carbocycles. The number of rotatable bonds is 7. The lowest BCUT2D eigenvalue weighted by Gasteiger charge is -2.18. The van der Waals surface area contributed by atoms with Crippen molar-refractivity contribution < 1.29 is 26.4 Å². The minimum absolute atomic E-state index is 0.0369. The van der Waals surface area contributed by atoms with Crippen LogP contribution in [0.15, 0.2) is 47.4 Å². The van der Waals surface area contributed by atoms with Gasteiger partial charge in [-0.1, -0.05) is 30.7 Å². The Labute approximate surface area is 180 Å². The van der Waals surface area contributed by atoms with Gasteiger partial charge < -0.3 is 4.74 Å². The second-order valence-electron chi connectivity index (χ2n) is 6.89. The quantitative estimate of drug-likeness (QED) is 0.661. The minimum atomic E-state index is -4.04. The number of methoxy groups -OCH3 is 1. The predicted molar refractivity (Wildman–Crippen MR) is 114 cm³/mol. The third kappa shape index (κ3) is 4.61. The Balaban J connectivity index is 1.87. The number of sulfonamides is 2. The fourth-order valence-corrected chi connectivity index (χ4v) is 6.30. The molecule has 1 unspecified atom stereocenters. The highest BCUT2D eigenvalue weighted by Gasteiger charge is 2.42. The summed E-state index contributed by atoms with van der Waals surface area (Å²) in [6, 6.07) is 10.8. The second kappa shape index (κ2) is 8.54. The molecule has 1 aliphatic rings. The molecule has 1 N–H and O–H groups in total. The van der Waals surface area contributed by atoms with Gasteiger partial charge in [-0.15, -0.1) is 0 Å². The molecule has 1 aliphatic heterocycles. The number of nitrogens with one attached hydrogen (secondary N) is 1. The summed E-state index contributed by atoms with van der Waals surface area (Å²) in [4.78, 5) is 12.1. The molecule has 0 aromatic heterocycles. The van der Waals surface area contributed by atoms with Crippen molar-refractivity contribution in [3.63, 3.8) is 0 Å². The highest BCUT2D eigenvalue weighted by Crippen LogP contribution is 2.33. The van der Waals surface area contributed by atoms with Gasteiger partial charge in [-0.3, -0.25) is 4.79 Å². The zero-order chi connectivity index (χ0) is 22.1. The predicted octanol–water partition coefficient (Wildman–Crippen LogP) is 2.18. The number of ether oxygens (including phenoxy) is 1. The van der Waals surface area contributed by atoms with E-state index in [1.807, 2.05) is 0 Å². The Hall–Kier alpha value is -2.14. The van der Waals surface area contributed by atoms with Crippen LogP contribution in [-0.4, -0.2) is 42.2 Å². The third-order valence-corrected chi connectivity index (χ3v) is 8.25. The topological polar surface area (TPSA) is 110 Å². The van der Waals surface area contributed by atoms with Gasteiger partial charge in [-0.2, -0.15) is 0 Å². The zero-order valence-electron chi connectivity index (χ0n) is 16.3. The molecule has 11 heteroatoms. The number of anilines is 1. The van der Waals surface area contributed by atoms with Gasteiger partial charge in [0.25, 0.3) is 0 Å². The van der Waals surface area contributed by atoms with Crippen molar-refractivity contribution in [2.24, 2.45) is 5.92 Å². The van der Waals surface area contributed by atoms with Crippen LogP contribution in [0.25, 0.3) is 0 Å². The number of hydrogen-bond donors (Lipinski definition) is 1. The number of carbonyl (C=O) groups is 1. The summed E-state index contributed by atoms with van der Waals surface area (Å²) in [7, 11) is -6.59. The molecule has 0 aliphatic carbocycles. The van der Waals surface area contributed by atoms with E-state index in [0.717, 1.165) is 11.6 Å². The summed E-state index contributed by atoms with van der Waals surface area (Å²) in [5.41, 5.74) is 0.855. The number of nitrogens with zero attached hydrogens (tertiary/aromatic N) is 1. The van der Waals surface area contributed by atoms with Crippen molar-refractivity contribution in [2.75, 3.05) is 23.7 Å². The van der Waals surface area contributed by atoms with Crippen LogP contribution in [0.4, 0.5) is 5.69 Å². The van der Waals surface area contributed by atoms with Gasteiger partial charge in [-0.05, 0) is 42.3 Å². The smallest absolute Gasteiger partial charge is 0.244 e. The van der Waals surface area contributed by atoms with Crippen LogP contribution < -0.4 is 13.8 Å². The molecule has 2 aromatic carbocycles. The second-order valence-corrected chi connectivity index (χ2v) is 10.9. The van der Waals surface area contributed by atoms with Gasteiger partial charge in [-0.25, -0.2) is 25.9 Å². The Bertz CT molecular complexity index is 1160. The normalized spacial score (nSPS) is 18.6. The first kappa shape index (κ1) is 22.5. The average Bonchev–Trinajstić information content (AvgIpc) is 2.89. The molecule has 1 fully saturated rings. The molecule has 1 atom stereocenters. The van der Waals surface area contributed by atoms with Crippen molar-refractivity contribution in [1.82, 2.24) is 4.72 Å². The fourth-order valence-electron chi connectivity index (χ4n) is 3.15. The fraction of sp³-hybridized carbons (Fsp3) is 0.316. The maximum absolute atomic E-state index is 12.9. The number of carbonyl (C=O) groups excluding carboxylic acids is 1. The van der Waals surface area contributed by atoms with E-state index in [9.17, 15) is 21.6 Å². The van der Waals surface area contributed by atoms with Crippen LogP contribution in [0.5, 0.6) is 5.75 Å². The van der Waals surface area contributed by atoms with Gasteiger partial charge >= 0.3 is 0 Å².